The average molecular weight is 323 g/mol. The molecule has 6 nitrogen and oxygen atoms in total. The van der Waals surface area contributed by atoms with Crippen LogP contribution in [0.25, 0.3) is 17.2 Å². The molecular weight excluding hydrogens is 306 g/mol. The molecule has 1 amide bonds. The van der Waals surface area contributed by atoms with Gasteiger partial charge in [0.05, 0.1) is 0 Å². The first-order valence-electron chi connectivity index (χ1n) is 7.37. The summed E-state index contributed by atoms with van der Waals surface area (Å²) in [6, 6.07) is 13.5. The summed E-state index contributed by atoms with van der Waals surface area (Å²) in [5.41, 5.74) is 8.46. The Balaban J connectivity index is 1.96. The number of guanidine groups is 1. The maximum atomic E-state index is 11.9. The van der Waals surface area contributed by atoms with Crippen molar-refractivity contribution >= 4 is 17.9 Å². The monoisotopic (exact) mass is 323 g/mol. The van der Waals surface area contributed by atoms with Crippen LogP contribution in [-0.4, -0.2) is 18.7 Å². The fourth-order valence-corrected chi connectivity index (χ4v) is 2.47. The predicted molar refractivity (Wildman–Crippen MR) is 91.7 cm³/mol. The lowest BCUT2D eigenvalue weighted by atomic mass is 9.98. The van der Waals surface area contributed by atoms with Crippen LogP contribution in [0.5, 0.6) is 11.5 Å². The molecule has 0 atom stereocenters. The van der Waals surface area contributed by atoms with Crippen LogP contribution < -0.4 is 20.5 Å². The zero-order valence-corrected chi connectivity index (χ0v) is 13.1. The van der Waals surface area contributed by atoms with E-state index in [4.69, 9.17) is 20.6 Å². The SMILES string of the molecule is C/C(=C\c1ccccc1-c1ccc2c(c1)OCO2)C(=O)NC(=N)N. The molecule has 0 saturated carbocycles. The van der Waals surface area contributed by atoms with E-state index in [1.165, 1.54) is 0 Å². The van der Waals surface area contributed by atoms with Crippen molar-refractivity contribution < 1.29 is 14.3 Å². The van der Waals surface area contributed by atoms with Gasteiger partial charge >= 0.3 is 0 Å². The van der Waals surface area contributed by atoms with Gasteiger partial charge in [0.2, 0.25) is 6.79 Å². The number of ether oxygens (including phenoxy) is 2. The molecule has 0 fully saturated rings. The molecule has 2 aromatic carbocycles. The van der Waals surface area contributed by atoms with Crippen molar-refractivity contribution in [2.45, 2.75) is 6.92 Å². The molecule has 1 aliphatic heterocycles. The first-order valence-corrected chi connectivity index (χ1v) is 7.37. The second kappa shape index (κ2) is 6.45. The molecule has 122 valence electrons. The van der Waals surface area contributed by atoms with E-state index in [1.54, 1.807) is 13.0 Å². The normalized spacial score (nSPS) is 12.8. The maximum absolute atomic E-state index is 11.9. The van der Waals surface area contributed by atoms with Gasteiger partial charge in [0, 0.05) is 5.57 Å². The van der Waals surface area contributed by atoms with E-state index in [1.807, 2.05) is 42.5 Å². The molecule has 0 saturated heterocycles. The van der Waals surface area contributed by atoms with Crippen LogP contribution in [0.2, 0.25) is 0 Å². The minimum absolute atomic E-state index is 0.227. The Morgan fingerprint density at radius 2 is 1.96 bits per heavy atom. The smallest absolute Gasteiger partial charge is 0.253 e. The molecule has 0 radical (unpaired) electrons. The minimum atomic E-state index is -0.400. The van der Waals surface area contributed by atoms with E-state index in [2.05, 4.69) is 5.32 Å². The summed E-state index contributed by atoms with van der Waals surface area (Å²) in [6.07, 6.45) is 1.76. The molecule has 6 heteroatoms. The topological polar surface area (TPSA) is 97.4 Å². The fraction of sp³-hybridized carbons (Fsp3) is 0.111. The maximum Gasteiger partial charge on any atom is 0.253 e. The Hall–Kier alpha value is -3.28. The van der Waals surface area contributed by atoms with Crippen molar-refractivity contribution in [3.63, 3.8) is 0 Å². The molecule has 2 aromatic rings. The van der Waals surface area contributed by atoms with E-state index in [9.17, 15) is 4.79 Å². The van der Waals surface area contributed by atoms with Gasteiger partial charge in [0.25, 0.3) is 5.91 Å². The molecule has 1 heterocycles. The number of benzene rings is 2. The van der Waals surface area contributed by atoms with Crippen LogP contribution in [0.1, 0.15) is 12.5 Å². The van der Waals surface area contributed by atoms with E-state index >= 15 is 0 Å². The van der Waals surface area contributed by atoms with Crippen molar-refractivity contribution in [3.8, 4) is 22.6 Å². The van der Waals surface area contributed by atoms with E-state index in [-0.39, 0.29) is 12.8 Å². The van der Waals surface area contributed by atoms with Gasteiger partial charge < -0.3 is 15.2 Å². The Bertz CT molecular complexity index is 843. The summed E-state index contributed by atoms with van der Waals surface area (Å²) in [7, 11) is 0. The lowest BCUT2D eigenvalue weighted by Crippen LogP contribution is -2.36. The Labute approximate surface area is 139 Å². The van der Waals surface area contributed by atoms with Gasteiger partial charge in [-0.2, -0.15) is 0 Å². The third-order valence-electron chi connectivity index (χ3n) is 3.62. The molecule has 0 unspecified atom stereocenters. The summed E-state index contributed by atoms with van der Waals surface area (Å²) in [6.45, 7) is 1.90. The van der Waals surface area contributed by atoms with Crippen LogP contribution in [0.15, 0.2) is 48.0 Å². The van der Waals surface area contributed by atoms with Crippen molar-refractivity contribution in [1.29, 1.82) is 5.41 Å². The number of nitrogens with one attached hydrogen (secondary N) is 2. The Kier molecular flexibility index (Phi) is 4.20. The number of rotatable bonds is 3. The molecule has 0 aliphatic carbocycles. The number of carbonyl (C=O) groups excluding carboxylic acids is 1. The van der Waals surface area contributed by atoms with Gasteiger partial charge in [-0.05, 0) is 41.8 Å². The summed E-state index contributed by atoms with van der Waals surface area (Å²) in [4.78, 5) is 11.9. The van der Waals surface area contributed by atoms with Crippen molar-refractivity contribution in [2.24, 2.45) is 5.73 Å². The first-order chi connectivity index (χ1) is 11.5. The van der Waals surface area contributed by atoms with Crippen molar-refractivity contribution in [2.75, 3.05) is 6.79 Å². The van der Waals surface area contributed by atoms with Crippen LogP contribution >= 0.6 is 0 Å². The number of hydrogen-bond acceptors (Lipinski definition) is 4. The lowest BCUT2D eigenvalue weighted by molar-refractivity contribution is -0.116. The van der Waals surface area contributed by atoms with Gasteiger partial charge in [-0.3, -0.25) is 15.5 Å². The zero-order chi connectivity index (χ0) is 17.1. The minimum Gasteiger partial charge on any atom is -0.454 e. The highest BCUT2D eigenvalue weighted by molar-refractivity contribution is 6.06. The van der Waals surface area contributed by atoms with Gasteiger partial charge in [-0.25, -0.2) is 0 Å². The molecule has 0 bridgehead atoms. The zero-order valence-electron chi connectivity index (χ0n) is 13.1. The molecule has 4 N–H and O–H groups in total. The van der Waals surface area contributed by atoms with Crippen molar-refractivity contribution in [3.05, 3.63) is 53.6 Å². The Morgan fingerprint density at radius 1 is 1.21 bits per heavy atom. The first kappa shape index (κ1) is 15.6. The highest BCUT2D eigenvalue weighted by Crippen LogP contribution is 2.37. The third kappa shape index (κ3) is 3.22. The van der Waals surface area contributed by atoms with E-state index in [0.717, 1.165) is 22.4 Å². The largest absolute Gasteiger partial charge is 0.454 e. The van der Waals surface area contributed by atoms with Gasteiger partial charge in [0.1, 0.15) is 0 Å². The van der Waals surface area contributed by atoms with Crippen LogP contribution in [0, 0.1) is 5.41 Å². The summed E-state index contributed by atoms with van der Waals surface area (Å²) >= 11 is 0. The number of carbonyl (C=O) groups is 1. The van der Waals surface area contributed by atoms with Crippen LogP contribution in [-0.2, 0) is 4.79 Å². The van der Waals surface area contributed by atoms with E-state index in [0.29, 0.717) is 11.3 Å². The van der Waals surface area contributed by atoms with Gasteiger partial charge in [-0.1, -0.05) is 30.3 Å². The molecule has 0 aromatic heterocycles. The second-order valence-corrected chi connectivity index (χ2v) is 5.35. The number of hydrogen-bond donors (Lipinski definition) is 3. The average Bonchev–Trinajstić information content (AvgIpc) is 3.02. The second-order valence-electron chi connectivity index (χ2n) is 5.35. The van der Waals surface area contributed by atoms with E-state index < -0.39 is 5.91 Å². The highest BCUT2D eigenvalue weighted by Gasteiger charge is 2.15. The molecular formula is C18H17N3O3. The fourth-order valence-electron chi connectivity index (χ4n) is 2.47. The van der Waals surface area contributed by atoms with Gasteiger partial charge in [-0.15, -0.1) is 0 Å². The van der Waals surface area contributed by atoms with Crippen molar-refractivity contribution in [1.82, 2.24) is 5.32 Å². The molecule has 3 rings (SSSR count). The Morgan fingerprint density at radius 3 is 2.75 bits per heavy atom. The lowest BCUT2D eigenvalue weighted by Gasteiger charge is -2.09. The van der Waals surface area contributed by atoms with Crippen LogP contribution in [0.4, 0.5) is 0 Å². The van der Waals surface area contributed by atoms with Gasteiger partial charge in [0.15, 0.2) is 17.5 Å². The summed E-state index contributed by atoms with van der Waals surface area (Å²) in [5, 5.41) is 9.41. The number of nitrogens with two attached hydrogens (primary N) is 1. The summed E-state index contributed by atoms with van der Waals surface area (Å²) < 4.78 is 10.8. The quantitative estimate of drug-likeness (QED) is 0.459. The molecule has 0 spiro atoms. The number of fused-ring (bicyclic) bond motifs is 1. The van der Waals surface area contributed by atoms with Crippen LogP contribution in [0.3, 0.4) is 0 Å². The highest BCUT2D eigenvalue weighted by atomic mass is 16.7. The molecule has 1 aliphatic rings. The summed E-state index contributed by atoms with van der Waals surface area (Å²) in [5.74, 6) is 0.654. The third-order valence-corrected chi connectivity index (χ3v) is 3.62. The standard InChI is InChI=1S/C18H17N3O3/c1-11(17(22)21-18(19)20)8-12-4-2-3-5-14(12)13-6-7-15-16(9-13)24-10-23-15/h2-9H,10H2,1H3,(H4,19,20,21,22)/b11-8+. The predicted octanol–water partition coefficient (Wildman–Crippen LogP) is 2.50. The number of amides is 1. The molecule has 24 heavy (non-hydrogen) atoms.